The number of anilines is 4. The minimum absolute atomic E-state index is 0.0203. The van der Waals surface area contributed by atoms with Gasteiger partial charge in [0.05, 0.1) is 29.6 Å². The summed E-state index contributed by atoms with van der Waals surface area (Å²) >= 11 is 0. The van der Waals surface area contributed by atoms with Gasteiger partial charge in [0.25, 0.3) is 0 Å². The Bertz CT molecular complexity index is 1440. The van der Waals surface area contributed by atoms with E-state index >= 15 is 0 Å². The Morgan fingerprint density at radius 2 is 2.05 bits per heavy atom. The largest absolute Gasteiger partial charge is 0.390 e. The highest BCUT2D eigenvalue weighted by molar-refractivity contribution is 7.90. The van der Waals surface area contributed by atoms with E-state index in [0.29, 0.717) is 37.1 Å². The van der Waals surface area contributed by atoms with E-state index in [1.54, 1.807) is 17.2 Å². The van der Waals surface area contributed by atoms with E-state index < -0.39 is 21.6 Å². The molecule has 4 atom stereocenters. The number of halogens is 1. The van der Waals surface area contributed by atoms with Crippen LogP contribution < -0.4 is 15.1 Å². The van der Waals surface area contributed by atoms with Crippen LogP contribution in [0, 0.1) is 5.92 Å². The molecule has 2 aliphatic rings. The number of hydrogen-bond acceptors (Lipinski definition) is 9. The molecule has 0 saturated carbocycles. The molecule has 2 aliphatic heterocycles. The molecule has 0 amide bonds. The first-order valence-electron chi connectivity index (χ1n) is 13.0. The summed E-state index contributed by atoms with van der Waals surface area (Å²) in [6.07, 6.45) is 6.19. The Hall–Kier alpha value is -2.99. The number of nitrogens with zero attached hydrogens (tertiary/aromatic N) is 6. The molecule has 0 aromatic carbocycles. The predicted molar refractivity (Wildman–Crippen MR) is 148 cm³/mol. The Balaban J connectivity index is 1.38. The van der Waals surface area contributed by atoms with Crippen LogP contribution in [0.1, 0.15) is 40.2 Å². The molecule has 0 radical (unpaired) electrons. The second-order valence-electron chi connectivity index (χ2n) is 11.2. The maximum atomic E-state index is 14.7. The molecule has 0 unspecified atom stereocenters. The smallest absolute Gasteiger partial charge is 0.227 e. The number of alkyl halides is 1. The zero-order valence-corrected chi connectivity index (χ0v) is 23.3. The van der Waals surface area contributed by atoms with Crippen LogP contribution in [-0.4, -0.2) is 82.5 Å². The highest BCUT2D eigenvalue weighted by Gasteiger charge is 2.40. The molecule has 2 saturated heterocycles. The molecule has 3 aromatic rings. The van der Waals surface area contributed by atoms with Gasteiger partial charge in [-0.2, -0.15) is 4.98 Å². The summed E-state index contributed by atoms with van der Waals surface area (Å²) in [7, 11) is -3.02. The lowest BCUT2D eigenvalue weighted by Gasteiger charge is -2.47. The van der Waals surface area contributed by atoms with Gasteiger partial charge in [-0.05, 0) is 40.2 Å². The SMILES string of the molecule is CC(C)n1cc(N2C[C@H](CS(C)(=O)=O)[C@H]2C)c2cnc(Nc3ccnc(N4CC[C@@H](O)[C@@](C)(F)C4)n3)cc21. The summed E-state index contributed by atoms with van der Waals surface area (Å²) in [5.41, 5.74) is 0.339. The zero-order valence-electron chi connectivity index (χ0n) is 22.5. The van der Waals surface area contributed by atoms with Gasteiger partial charge in [0.1, 0.15) is 21.5 Å². The number of fused-ring (bicyclic) bond motifs is 1. The molecule has 2 N–H and O–H groups in total. The standard InChI is InChI=1S/C26H36FN7O3S/c1-16(2)33-13-21(34-12-18(17(34)3)14-38(5,36)37)19-11-29-24(10-20(19)33)30-23-6-8-28-25(31-23)32-9-7-22(35)26(4,27)15-32/h6,8,10-11,13,16-18,22,35H,7,9,12,14-15H2,1-5H3,(H,28,29,30,31)/t17-,18-,22-,26+/m1/s1. The average molecular weight is 546 g/mol. The van der Waals surface area contributed by atoms with Crippen LogP contribution in [0.4, 0.5) is 27.7 Å². The highest BCUT2D eigenvalue weighted by atomic mass is 32.2. The van der Waals surface area contributed by atoms with E-state index in [1.165, 1.54) is 13.2 Å². The van der Waals surface area contributed by atoms with E-state index in [2.05, 4.69) is 56.7 Å². The van der Waals surface area contributed by atoms with Crippen LogP contribution in [0.15, 0.2) is 30.7 Å². The van der Waals surface area contributed by atoms with E-state index in [4.69, 9.17) is 0 Å². The number of rotatable bonds is 7. The molecule has 2 fully saturated rings. The second kappa shape index (κ2) is 9.64. The van der Waals surface area contributed by atoms with Gasteiger partial charge in [0, 0.05) is 67.4 Å². The van der Waals surface area contributed by atoms with Crippen LogP contribution in [0.25, 0.3) is 10.9 Å². The third-order valence-corrected chi connectivity index (χ3v) is 8.77. The van der Waals surface area contributed by atoms with Gasteiger partial charge in [-0.3, -0.25) is 0 Å². The molecule has 0 aliphatic carbocycles. The number of aliphatic hydroxyl groups excluding tert-OH is 1. The van der Waals surface area contributed by atoms with Crippen LogP contribution in [0.2, 0.25) is 0 Å². The molecule has 5 rings (SSSR count). The van der Waals surface area contributed by atoms with Crippen LogP contribution in [0.3, 0.4) is 0 Å². The number of piperidine rings is 1. The van der Waals surface area contributed by atoms with Crippen molar-refractivity contribution in [3.8, 4) is 0 Å². The minimum atomic E-state index is -3.02. The first-order chi connectivity index (χ1) is 17.8. The monoisotopic (exact) mass is 545 g/mol. The average Bonchev–Trinajstić information content (AvgIpc) is 3.21. The third-order valence-electron chi connectivity index (χ3n) is 7.73. The van der Waals surface area contributed by atoms with Crippen molar-refractivity contribution >= 4 is 44.0 Å². The van der Waals surface area contributed by atoms with Crippen molar-refractivity contribution in [1.82, 2.24) is 19.5 Å². The van der Waals surface area contributed by atoms with Crippen molar-refractivity contribution in [1.29, 1.82) is 0 Å². The summed E-state index contributed by atoms with van der Waals surface area (Å²) in [6, 6.07) is 4.05. The van der Waals surface area contributed by atoms with Gasteiger partial charge in [-0.15, -0.1) is 0 Å². The zero-order chi connectivity index (χ0) is 27.4. The van der Waals surface area contributed by atoms with Gasteiger partial charge in [0.2, 0.25) is 5.95 Å². The maximum Gasteiger partial charge on any atom is 0.227 e. The van der Waals surface area contributed by atoms with E-state index in [1.807, 2.05) is 12.3 Å². The molecule has 0 spiro atoms. The minimum Gasteiger partial charge on any atom is -0.390 e. The third kappa shape index (κ3) is 5.15. The van der Waals surface area contributed by atoms with Crippen LogP contribution in [-0.2, 0) is 9.84 Å². The molecule has 0 bridgehead atoms. The number of aromatic nitrogens is 4. The van der Waals surface area contributed by atoms with Gasteiger partial charge in [0.15, 0.2) is 5.67 Å². The first-order valence-corrected chi connectivity index (χ1v) is 15.1. The summed E-state index contributed by atoms with van der Waals surface area (Å²) in [5, 5.41) is 14.2. The topological polar surface area (TPSA) is 116 Å². The van der Waals surface area contributed by atoms with E-state index in [-0.39, 0.29) is 30.3 Å². The van der Waals surface area contributed by atoms with Crippen LogP contribution in [0.5, 0.6) is 0 Å². The fraction of sp³-hybridized carbons (Fsp3) is 0.577. The number of sulfone groups is 1. The van der Waals surface area contributed by atoms with Crippen molar-refractivity contribution in [2.75, 3.05) is 46.8 Å². The lowest BCUT2D eigenvalue weighted by atomic mass is 9.91. The van der Waals surface area contributed by atoms with Crippen molar-refractivity contribution in [2.45, 2.75) is 58.0 Å². The van der Waals surface area contributed by atoms with Crippen molar-refractivity contribution < 1.29 is 17.9 Å². The first kappa shape index (κ1) is 26.6. The maximum absolute atomic E-state index is 14.7. The van der Waals surface area contributed by atoms with E-state index in [0.717, 1.165) is 16.6 Å². The van der Waals surface area contributed by atoms with Crippen molar-refractivity contribution in [3.05, 3.63) is 30.7 Å². The lowest BCUT2D eigenvalue weighted by Crippen LogP contribution is -2.57. The lowest BCUT2D eigenvalue weighted by molar-refractivity contribution is -0.00860. The molecule has 38 heavy (non-hydrogen) atoms. The summed E-state index contributed by atoms with van der Waals surface area (Å²) in [6.45, 7) is 8.89. The summed E-state index contributed by atoms with van der Waals surface area (Å²) in [4.78, 5) is 17.5. The second-order valence-corrected chi connectivity index (χ2v) is 13.4. The molecule has 10 nitrogen and oxygen atoms in total. The Morgan fingerprint density at radius 3 is 2.71 bits per heavy atom. The fourth-order valence-electron chi connectivity index (χ4n) is 5.45. The molecular formula is C26H36FN7O3S. The van der Waals surface area contributed by atoms with Gasteiger partial charge >= 0.3 is 0 Å². The van der Waals surface area contributed by atoms with Gasteiger partial charge in [-0.25, -0.2) is 22.8 Å². The van der Waals surface area contributed by atoms with Crippen LogP contribution >= 0.6 is 0 Å². The highest BCUT2D eigenvalue weighted by Crippen LogP contribution is 2.39. The van der Waals surface area contributed by atoms with Crippen molar-refractivity contribution in [3.63, 3.8) is 0 Å². The molecule has 206 valence electrons. The summed E-state index contributed by atoms with van der Waals surface area (Å²) in [5.74, 6) is 1.86. The van der Waals surface area contributed by atoms with Crippen molar-refractivity contribution in [2.24, 2.45) is 5.92 Å². The Morgan fingerprint density at radius 1 is 1.29 bits per heavy atom. The number of aliphatic hydroxyl groups is 1. The molecular weight excluding hydrogens is 509 g/mol. The number of pyridine rings is 1. The molecule has 3 aromatic heterocycles. The van der Waals surface area contributed by atoms with E-state index in [9.17, 15) is 17.9 Å². The quantitative estimate of drug-likeness (QED) is 0.461. The Labute approximate surface area is 222 Å². The molecule has 5 heterocycles. The number of nitrogens with one attached hydrogen (secondary N) is 1. The summed E-state index contributed by atoms with van der Waals surface area (Å²) < 4.78 is 40.5. The Kier molecular flexibility index (Phi) is 6.75. The number of hydrogen-bond donors (Lipinski definition) is 2. The predicted octanol–water partition coefficient (Wildman–Crippen LogP) is 3.32. The normalized spacial score (nSPS) is 26.2. The molecule has 12 heteroatoms. The van der Waals surface area contributed by atoms with Gasteiger partial charge < -0.3 is 24.8 Å². The fourth-order valence-corrected chi connectivity index (χ4v) is 6.61. The van der Waals surface area contributed by atoms with Gasteiger partial charge in [-0.1, -0.05) is 0 Å².